The molecule has 12 aromatic rings. The van der Waals surface area contributed by atoms with E-state index in [1.165, 1.54) is 11.1 Å². The van der Waals surface area contributed by atoms with Crippen molar-refractivity contribution in [2.24, 2.45) is 0 Å². The number of hydrogen-bond acceptors (Lipinski definition) is 4. The molecule has 80 heavy (non-hydrogen) atoms. The lowest BCUT2D eigenvalue weighted by Gasteiger charge is -2.20. The molecule has 2 aliphatic carbocycles. The van der Waals surface area contributed by atoms with Crippen molar-refractivity contribution in [2.75, 3.05) is 0 Å². The molecular formula is C74H54N6. The zero-order valence-electron chi connectivity index (χ0n) is 44.0. The largest absolute Gasteiger partial charge is 0.292 e. The molecule has 380 valence electrons. The van der Waals surface area contributed by atoms with Gasteiger partial charge in [0.1, 0.15) is 11.6 Å². The number of fused-ring (bicyclic) bond motifs is 1. The molecule has 6 heteroatoms. The Morgan fingerprint density at radius 2 is 0.863 bits per heavy atom. The number of benzene rings is 9. The summed E-state index contributed by atoms with van der Waals surface area (Å²) in [5.41, 5.74) is 19.6. The second kappa shape index (κ2) is 21.3. The highest BCUT2D eigenvalue weighted by molar-refractivity contribution is 6.02. The Balaban J connectivity index is 0.963. The molecule has 3 heterocycles. The summed E-state index contributed by atoms with van der Waals surface area (Å²) in [5, 5.41) is 1.00. The van der Waals surface area contributed by atoms with Crippen LogP contribution in [0.25, 0.3) is 118 Å². The minimum atomic E-state index is 0.209. The van der Waals surface area contributed by atoms with E-state index in [-0.39, 0.29) is 5.92 Å². The van der Waals surface area contributed by atoms with Crippen molar-refractivity contribution in [2.45, 2.75) is 25.2 Å². The van der Waals surface area contributed by atoms with Gasteiger partial charge in [-0.05, 0) is 84.5 Å². The SMILES string of the molecule is C1=CCCC(c2c(-c3ccccc3)nc(-c3ccccc3)n2-c2ccc(-c3nc(-c4ccc(-n5c(-c6ccccc6)nc(-c6ccccc6)c5-c5ccccc5)cc4)nc4c(-c5ccccc5)cc(C5C=CC=CC5)cc34)cc2)=C1. The Morgan fingerprint density at radius 3 is 1.39 bits per heavy atom. The van der Waals surface area contributed by atoms with Crippen LogP contribution < -0.4 is 0 Å². The molecule has 1 unspecified atom stereocenters. The van der Waals surface area contributed by atoms with Crippen molar-refractivity contribution in [1.29, 1.82) is 0 Å². The van der Waals surface area contributed by atoms with E-state index < -0.39 is 0 Å². The molecule has 9 aromatic carbocycles. The quantitative estimate of drug-likeness (QED) is 0.122. The molecule has 0 spiro atoms. The van der Waals surface area contributed by atoms with Crippen LogP contribution in [-0.2, 0) is 0 Å². The average Bonchev–Trinajstić information content (AvgIpc) is 4.23. The maximum atomic E-state index is 5.64. The van der Waals surface area contributed by atoms with Gasteiger partial charge < -0.3 is 0 Å². The van der Waals surface area contributed by atoms with Crippen molar-refractivity contribution in [3.63, 3.8) is 0 Å². The zero-order chi connectivity index (χ0) is 53.2. The normalized spacial score (nSPS) is 13.9. The zero-order valence-corrected chi connectivity index (χ0v) is 44.0. The molecule has 3 aromatic heterocycles. The smallest absolute Gasteiger partial charge is 0.160 e. The van der Waals surface area contributed by atoms with Crippen LogP contribution in [0.15, 0.2) is 285 Å². The van der Waals surface area contributed by atoms with Crippen LogP contribution in [0.3, 0.4) is 0 Å². The molecule has 0 saturated carbocycles. The van der Waals surface area contributed by atoms with Crippen molar-refractivity contribution in [1.82, 2.24) is 29.1 Å². The minimum absolute atomic E-state index is 0.209. The maximum Gasteiger partial charge on any atom is 0.160 e. The summed E-state index contributed by atoms with van der Waals surface area (Å²) in [6.45, 7) is 0. The van der Waals surface area contributed by atoms with E-state index in [0.29, 0.717) is 5.82 Å². The van der Waals surface area contributed by atoms with Gasteiger partial charge in [0.25, 0.3) is 0 Å². The van der Waals surface area contributed by atoms with E-state index >= 15 is 0 Å². The van der Waals surface area contributed by atoms with Crippen LogP contribution in [0.2, 0.25) is 0 Å². The van der Waals surface area contributed by atoms with E-state index in [0.717, 1.165) is 132 Å². The van der Waals surface area contributed by atoms with Gasteiger partial charge in [0.15, 0.2) is 5.82 Å². The molecule has 0 aliphatic heterocycles. The predicted octanol–water partition coefficient (Wildman–Crippen LogP) is 18.7. The topological polar surface area (TPSA) is 61.4 Å². The Kier molecular flexibility index (Phi) is 12.8. The number of hydrogen-bond donors (Lipinski definition) is 0. The van der Waals surface area contributed by atoms with E-state index in [1.54, 1.807) is 0 Å². The summed E-state index contributed by atoms with van der Waals surface area (Å²) >= 11 is 0. The van der Waals surface area contributed by atoms with Gasteiger partial charge in [0.05, 0.1) is 34.0 Å². The molecule has 1 atom stereocenters. The van der Waals surface area contributed by atoms with Crippen LogP contribution in [0.1, 0.15) is 36.4 Å². The standard InChI is InChI=1S/C74H54N6/c1-9-25-51(26-10-1)61-49-64(52-27-11-2-12-28-52)69-65(50-61)66(55-41-45-62(46-42-55)79-70(56-33-17-5-18-34-56)67(53-29-13-3-14-30-53)77-73(79)59-37-21-7-22-38-59)75-72(76-69)58-43-47-63(48-44-58)80-71(57-35-19-6-20-36-57)68(54-31-15-4-16-32-54)78-74(80)60-39-23-8-24-40-60/h1-17,19-25,27-33,35-51H,18,26,34H2. The fraction of sp³-hybridized carbons (Fsp3) is 0.0541. The Labute approximate surface area is 466 Å². The lowest BCUT2D eigenvalue weighted by Crippen LogP contribution is -2.04. The third kappa shape index (κ3) is 9.12. The van der Waals surface area contributed by atoms with Gasteiger partial charge in [-0.15, -0.1) is 0 Å². The molecular weight excluding hydrogens is 973 g/mol. The van der Waals surface area contributed by atoms with Crippen molar-refractivity contribution in [3.05, 3.63) is 296 Å². The van der Waals surface area contributed by atoms with Crippen molar-refractivity contribution in [3.8, 4) is 102 Å². The van der Waals surface area contributed by atoms with Gasteiger partial charge >= 0.3 is 0 Å². The molecule has 0 bridgehead atoms. The summed E-state index contributed by atoms with van der Waals surface area (Å²) in [4.78, 5) is 22.2. The van der Waals surface area contributed by atoms with Crippen LogP contribution in [0, 0.1) is 0 Å². The van der Waals surface area contributed by atoms with Gasteiger partial charge in [-0.1, -0.05) is 237 Å². The Morgan fingerprint density at radius 1 is 0.375 bits per heavy atom. The number of aromatic nitrogens is 6. The van der Waals surface area contributed by atoms with Crippen LogP contribution >= 0.6 is 0 Å². The van der Waals surface area contributed by atoms with Gasteiger partial charge in [0.2, 0.25) is 0 Å². The summed E-state index contributed by atoms with van der Waals surface area (Å²) in [7, 11) is 0. The molecule has 0 N–H and O–H groups in total. The predicted molar refractivity (Wildman–Crippen MR) is 329 cm³/mol. The third-order valence-electron chi connectivity index (χ3n) is 15.4. The van der Waals surface area contributed by atoms with Crippen LogP contribution in [-0.4, -0.2) is 29.1 Å². The maximum absolute atomic E-state index is 5.64. The van der Waals surface area contributed by atoms with Gasteiger partial charge in [-0.3, -0.25) is 9.13 Å². The third-order valence-corrected chi connectivity index (χ3v) is 15.4. The molecule has 14 rings (SSSR count). The van der Waals surface area contributed by atoms with E-state index in [1.807, 2.05) is 0 Å². The molecule has 0 fully saturated rings. The highest BCUT2D eigenvalue weighted by atomic mass is 15.1. The Bertz CT molecular complexity index is 4310. The minimum Gasteiger partial charge on any atom is -0.292 e. The summed E-state index contributed by atoms with van der Waals surface area (Å²) < 4.78 is 4.66. The first-order chi connectivity index (χ1) is 39.7. The second-order valence-electron chi connectivity index (χ2n) is 20.4. The second-order valence-corrected chi connectivity index (χ2v) is 20.4. The number of rotatable bonds is 12. The van der Waals surface area contributed by atoms with E-state index in [9.17, 15) is 0 Å². The first-order valence-electron chi connectivity index (χ1n) is 27.5. The van der Waals surface area contributed by atoms with Crippen LogP contribution in [0.5, 0.6) is 0 Å². The highest BCUT2D eigenvalue weighted by Crippen LogP contribution is 2.43. The van der Waals surface area contributed by atoms with Gasteiger partial charge in [-0.2, -0.15) is 0 Å². The van der Waals surface area contributed by atoms with E-state index in [4.69, 9.17) is 19.9 Å². The number of allylic oxidation sites excluding steroid dienone is 8. The fourth-order valence-electron chi connectivity index (χ4n) is 11.5. The average molecular weight is 1030 g/mol. The summed E-state index contributed by atoms with van der Waals surface area (Å²) in [6, 6.07) is 85.7. The lowest BCUT2D eigenvalue weighted by atomic mass is 9.88. The summed E-state index contributed by atoms with van der Waals surface area (Å²) in [6.07, 6.45) is 18.4. The van der Waals surface area contributed by atoms with E-state index in [2.05, 4.69) is 294 Å². The molecule has 2 aliphatic rings. The van der Waals surface area contributed by atoms with Crippen LogP contribution in [0.4, 0.5) is 0 Å². The monoisotopic (exact) mass is 1030 g/mol. The van der Waals surface area contributed by atoms with Crippen molar-refractivity contribution < 1.29 is 0 Å². The van der Waals surface area contributed by atoms with Gasteiger partial charge in [0, 0.05) is 67.2 Å². The first-order valence-corrected chi connectivity index (χ1v) is 27.5. The fourth-order valence-corrected chi connectivity index (χ4v) is 11.5. The molecule has 0 amide bonds. The van der Waals surface area contributed by atoms with Crippen molar-refractivity contribution >= 4 is 16.5 Å². The highest BCUT2D eigenvalue weighted by Gasteiger charge is 2.27. The molecule has 6 nitrogen and oxygen atoms in total. The number of nitrogens with zero attached hydrogens (tertiary/aromatic N) is 6. The number of imidazole rings is 2. The molecule has 0 radical (unpaired) electrons. The lowest BCUT2D eigenvalue weighted by molar-refractivity contribution is 0.855. The van der Waals surface area contributed by atoms with Gasteiger partial charge in [-0.25, -0.2) is 19.9 Å². The Hall–Kier alpha value is -10.3. The molecule has 0 saturated heterocycles. The summed E-state index contributed by atoms with van der Waals surface area (Å²) in [5.74, 6) is 2.60. The first kappa shape index (κ1) is 48.1.